The molecular weight excluding hydrogens is 284 g/mol. The lowest BCUT2D eigenvalue weighted by Crippen LogP contribution is -2.32. The molecule has 0 fully saturated rings. The summed E-state index contributed by atoms with van der Waals surface area (Å²) in [5, 5.41) is 13.2. The number of benzene rings is 1. The lowest BCUT2D eigenvalue weighted by atomic mass is 10.1. The maximum Gasteiger partial charge on any atom is 0.0642 e. The van der Waals surface area contributed by atoms with Crippen molar-refractivity contribution in [2.24, 2.45) is 5.92 Å². The molecule has 0 unspecified atom stereocenters. The number of halogens is 1. The van der Waals surface area contributed by atoms with Gasteiger partial charge in [0.1, 0.15) is 0 Å². The molecule has 0 aliphatic carbocycles. The maximum atomic E-state index is 9.03. The summed E-state index contributed by atoms with van der Waals surface area (Å²) in [5.74, 6) is 0.648. The summed E-state index contributed by atoms with van der Waals surface area (Å²) in [6.45, 7) is 11.6. The fourth-order valence-corrected chi connectivity index (χ4v) is 2.61. The highest BCUT2D eigenvalue weighted by molar-refractivity contribution is 6.33. The van der Waals surface area contributed by atoms with E-state index in [0.717, 1.165) is 36.8 Å². The van der Waals surface area contributed by atoms with E-state index >= 15 is 0 Å². The van der Waals surface area contributed by atoms with Crippen molar-refractivity contribution >= 4 is 17.3 Å². The molecule has 1 rings (SSSR count). The molecule has 0 radical (unpaired) electrons. The minimum absolute atomic E-state index is 0.206. The van der Waals surface area contributed by atoms with E-state index in [1.54, 1.807) is 0 Å². The molecule has 1 aromatic carbocycles. The normalized spacial score (nSPS) is 11.4. The van der Waals surface area contributed by atoms with Crippen molar-refractivity contribution in [3.05, 3.63) is 28.8 Å². The van der Waals surface area contributed by atoms with Crippen molar-refractivity contribution in [1.29, 1.82) is 0 Å². The number of aliphatic hydroxyl groups is 1. The molecule has 0 aromatic heterocycles. The van der Waals surface area contributed by atoms with Crippen molar-refractivity contribution in [2.75, 3.05) is 24.6 Å². The standard InChI is InChI=1S/C17H29ClN2O/c1-13(2)11-19-12-15-6-7-17(16(18)10-15)20(14(3)4)8-5-9-21/h6-7,10,13-14,19,21H,5,8-9,11-12H2,1-4H3. The Bertz CT molecular complexity index is 421. The molecule has 0 amide bonds. The van der Waals surface area contributed by atoms with E-state index in [4.69, 9.17) is 16.7 Å². The molecular formula is C17H29ClN2O. The smallest absolute Gasteiger partial charge is 0.0642 e. The van der Waals surface area contributed by atoms with Crippen LogP contribution in [0.15, 0.2) is 18.2 Å². The summed E-state index contributed by atoms with van der Waals surface area (Å²) >= 11 is 6.46. The van der Waals surface area contributed by atoms with E-state index in [9.17, 15) is 0 Å². The Balaban J connectivity index is 2.75. The van der Waals surface area contributed by atoms with Gasteiger partial charge in [-0.05, 0) is 50.4 Å². The molecule has 2 N–H and O–H groups in total. The highest BCUT2D eigenvalue weighted by atomic mass is 35.5. The average molecular weight is 313 g/mol. The summed E-state index contributed by atoms with van der Waals surface area (Å²) in [6.07, 6.45) is 0.756. The zero-order valence-electron chi connectivity index (χ0n) is 13.7. The quantitative estimate of drug-likeness (QED) is 0.730. The highest BCUT2D eigenvalue weighted by Gasteiger charge is 2.13. The molecule has 0 saturated carbocycles. The monoisotopic (exact) mass is 312 g/mol. The van der Waals surface area contributed by atoms with E-state index < -0.39 is 0 Å². The zero-order chi connectivity index (χ0) is 15.8. The molecule has 21 heavy (non-hydrogen) atoms. The van der Waals surface area contributed by atoms with Gasteiger partial charge in [0, 0.05) is 25.7 Å². The van der Waals surface area contributed by atoms with Gasteiger partial charge in [0.05, 0.1) is 10.7 Å². The summed E-state index contributed by atoms with van der Waals surface area (Å²) in [5.41, 5.74) is 2.25. The van der Waals surface area contributed by atoms with Gasteiger partial charge >= 0.3 is 0 Å². The first-order valence-electron chi connectivity index (χ1n) is 7.82. The van der Waals surface area contributed by atoms with Crippen molar-refractivity contribution in [3.8, 4) is 0 Å². The molecule has 0 heterocycles. The molecule has 0 aliphatic rings. The predicted octanol–water partition coefficient (Wildman–Crippen LogP) is 3.68. The maximum absolute atomic E-state index is 9.03. The number of hydrogen-bond donors (Lipinski definition) is 2. The van der Waals surface area contributed by atoms with E-state index in [2.05, 4.69) is 50.0 Å². The first kappa shape index (κ1) is 18.3. The third-order valence-electron chi connectivity index (χ3n) is 3.38. The topological polar surface area (TPSA) is 35.5 Å². The number of hydrogen-bond acceptors (Lipinski definition) is 3. The van der Waals surface area contributed by atoms with Gasteiger partial charge in [-0.15, -0.1) is 0 Å². The second kappa shape index (κ2) is 9.29. The molecule has 1 aromatic rings. The Kier molecular flexibility index (Phi) is 8.09. The Morgan fingerprint density at radius 1 is 1.24 bits per heavy atom. The second-order valence-electron chi connectivity index (χ2n) is 6.17. The zero-order valence-corrected chi connectivity index (χ0v) is 14.5. The van der Waals surface area contributed by atoms with Gasteiger partial charge in [0.15, 0.2) is 0 Å². The van der Waals surface area contributed by atoms with Gasteiger partial charge in [-0.3, -0.25) is 0 Å². The van der Waals surface area contributed by atoms with Gasteiger partial charge in [0.25, 0.3) is 0 Å². The summed E-state index contributed by atoms with van der Waals surface area (Å²) in [4.78, 5) is 2.24. The average Bonchev–Trinajstić information content (AvgIpc) is 2.40. The van der Waals surface area contributed by atoms with E-state index in [1.165, 1.54) is 5.56 Å². The molecule has 3 nitrogen and oxygen atoms in total. The minimum Gasteiger partial charge on any atom is -0.396 e. The van der Waals surface area contributed by atoms with Gasteiger partial charge in [-0.1, -0.05) is 31.5 Å². The van der Waals surface area contributed by atoms with Crippen molar-refractivity contribution in [1.82, 2.24) is 5.32 Å². The van der Waals surface area contributed by atoms with Crippen LogP contribution in [-0.2, 0) is 6.54 Å². The van der Waals surface area contributed by atoms with Crippen LogP contribution in [-0.4, -0.2) is 30.8 Å². The van der Waals surface area contributed by atoms with Crippen LogP contribution in [0.5, 0.6) is 0 Å². The van der Waals surface area contributed by atoms with Crippen LogP contribution in [0.2, 0.25) is 5.02 Å². The Morgan fingerprint density at radius 3 is 2.48 bits per heavy atom. The van der Waals surface area contributed by atoms with Gasteiger partial charge in [-0.2, -0.15) is 0 Å². The van der Waals surface area contributed by atoms with Gasteiger partial charge in [-0.25, -0.2) is 0 Å². The number of anilines is 1. The Labute approximate surface area is 134 Å². The molecule has 120 valence electrons. The van der Waals surface area contributed by atoms with Crippen LogP contribution in [0.4, 0.5) is 5.69 Å². The molecule has 4 heteroatoms. The molecule has 0 saturated heterocycles. The summed E-state index contributed by atoms with van der Waals surface area (Å²) < 4.78 is 0. The lowest BCUT2D eigenvalue weighted by Gasteiger charge is -2.30. The van der Waals surface area contributed by atoms with Crippen molar-refractivity contribution in [2.45, 2.75) is 46.7 Å². The Morgan fingerprint density at radius 2 is 1.95 bits per heavy atom. The fourth-order valence-electron chi connectivity index (χ4n) is 2.30. The summed E-state index contributed by atoms with van der Waals surface area (Å²) in [6, 6.07) is 6.62. The fraction of sp³-hybridized carbons (Fsp3) is 0.647. The molecule has 0 spiro atoms. The predicted molar refractivity (Wildman–Crippen MR) is 92.2 cm³/mol. The largest absolute Gasteiger partial charge is 0.396 e. The number of nitrogens with zero attached hydrogens (tertiary/aromatic N) is 1. The molecule has 0 atom stereocenters. The van der Waals surface area contributed by atoms with E-state index in [-0.39, 0.29) is 6.61 Å². The highest BCUT2D eigenvalue weighted by Crippen LogP contribution is 2.28. The van der Waals surface area contributed by atoms with Crippen LogP contribution in [0.25, 0.3) is 0 Å². The second-order valence-corrected chi connectivity index (χ2v) is 6.58. The van der Waals surface area contributed by atoms with Gasteiger partial charge in [0.2, 0.25) is 0 Å². The Hall–Kier alpha value is -0.770. The third-order valence-corrected chi connectivity index (χ3v) is 3.69. The molecule has 0 aliphatic heterocycles. The number of aliphatic hydroxyl groups excluding tert-OH is 1. The SMILES string of the molecule is CC(C)CNCc1ccc(N(CCCO)C(C)C)c(Cl)c1. The third kappa shape index (κ3) is 6.25. The number of nitrogens with one attached hydrogen (secondary N) is 1. The van der Waals surface area contributed by atoms with Crippen LogP contribution >= 0.6 is 11.6 Å². The van der Waals surface area contributed by atoms with Crippen LogP contribution < -0.4 is 10.2 Å². The summed E-state index contributed by atoms with van der Waals surface area (Å²) in [7, 11) is 0. The van der Waals surface area contributed by atoms with Crippen LogP contribution in [0, 0.1) is 5.92 Å². The minimum atomic E-state index is 0.206. The molecule has 0 bridgehead atoms. The number of rotatable bonds is 9. The van der Waals surface area contributed by atoms with Crippen LogP contribution in [0.1, 0.15) is 39.7 Å². The van der Waals surface area contributed by atoms with Gasteiger partial charge < -0.3 is 15.3 Å². The van der Waals surface area contributed by atoms with Crippen molar-refractivity contribution in [3.63, 3.8) is 0 Å². The lowest BCUT2D eigenvalue weighted by molar-refractivity contribution is 0.288. The van der Waals surface area contributed by atoms with E-state index in [0.29, 0.717) is 12.0 Å². The first-order chi connectivity index (χ1) is 9.95. The first-order valence-corrected chi connectivity index (χ1v) is 8.20. The van der Waals surface area contributed by atoms with Crippen molar-refractivity contribution < 1.29 is 5.11 Å². The van der Waals surface area contributed by atoms with E-state index in [1.807, 2.05) is 6.07 Å². The van der Waals surface area contributed by atoms with Crippen LogP contribution in [0.3, 0.4) is 0 Å².